The average Bonchev–Trinajstić information content (AvgIpc) is 3.25. The molecule has 7 nitrogen and oxygen atoms in total. The molecule has 1 heterocycles. The van der Waals surface area contributed by atoms with Crippen molar-refractivity contribution in [3.8, 4) is 0 Å². The Morgan fingerprint density at radius 3 is 1.82 bits per heavy atom. The summed E-state index contributed by atoms with van der Waals surface area (Å²) >= 11 is 0. The maximum atomic E-state index is 11.0. The summed E-state index contributed by atoms with van der Waals surface area (Å²) in [4.78, 5) is 0. The van der Waals surface area contributed by atoms with Gasteiger partial charge < -0.3 is 33.5 Å². The van der Waals surface area contributed by atoms with Crippen LogP contribution in [0.5, 0.6) is 0 Å². The highest BCUT2D eigenvalue weighted by Crippen LogP contribution is 2.44. The minimum absolute atomic E-state index is 0.285. The van der Waals surface area contributed by atoms with Crippen LogP contribution >= 0.6 is 0 Å². The van der Waals surface area contributed by atoms with Crippen LogP contribution in [0.25, 0.3) is 0 Å². The lowest BCUT2D eigenvalue weighted by atomic mass is 9.85. The van der Waals surface area contributed by atoms with E-state index in [0.717, 1.165) is 65.7 Å². The fourth-order valence-electron chi connectivity index (χ4n) is 7.32. The molecule has 294 valence electrons. The number of aryl methyl sites for hydroxylation is 2. The van der Waals surface area contributed by atoms with E-state index >= 15 is 0 Å². The number of benzene rings is 5. The number of ether oxygens (including phenoxy) is 6. The third kappa shape index (κ3) is 10.9. The number of hydrogen-bond acceptors (Lipinski definition) is 7. The Bertz CT molecular complexity index is 1880. The van der Waals surface area contributed by atoms with E-state index in [0.29, 0.717) is 19.8 Å². The molecule has 5 aromatic carbocycles. The Hall–Kier alpha value is -4.44. The summed E-state index contributed by atoms with van der Waals surface area (Å²) < 4.78 is 39.4. The molecule has 5 atom stereocenters. The number of unbranched alkanes of at least 4 members (excludes halogenated alkanes) is 1. The van der Waals surface area contributed by atoms with Crippen molar-refractivity contribution in [3.63, 3.8) is 0 Å². The predicted octanol–water partition coefficient (Wildman–Crippen LogP) is 9.06. The molecule has 1 N–H and O–H groups in total. The van der Waals surface area contributed by atoms with Crippen LogP contribution in [0.3, 0.4) is 0 Å². The molecule has 6 rings (SSSR count). The van der Waals surface area contributed by atoms with Gasteiger partial charge in [0.1, 0.15) is 24.4 Å². The van der Waals surface area contributed by atoms with Crippen molar-refractivity contribution in [1.29, 1.82) is 0 Å². The fourth-order valence-corrected chi connectivity index (χ4v) is 7.32. The largest absolute Gasteiger partial charge is 0.394 e. The average molecular weight is 757 g/mol. The summed E-state index contributed by atoms with van der Waals surface area (Å²) in [5, 5.41) is 11.0. The third-order valence-electron chi connectivity index (χ3n) is 10.4. The standard InChI is InChI=1S/C49H56O7/c1-4-29-52-30-15-14-16-38-24-26-39(27-25-38)31-43-32-44(28-23-37(43)2)49(51-3)48(55-36-42-21-12-7-13-22-42)47(54-35-41-19-10-6-11-20-41)46(45(33-50)56-49)53-34-40-17-8-5-9-18-40/h4-13,17-28,32,45-48,50H,1,14-16,29-31,33-36H2,2-3H3/t45-,46?,47+,48?,49+/m1/s1. The van der Waals surface area contributed by atoms with E-state index in [1.807, 2.05) is 97.1 Å². The fraction of sp³-hybridized carbons (Fsp3) is 0.347. The SMILES string of the molecule is C=CCOCCCCc1ccc(Cc2cc([C@]3(OC)O[C@H](CO)C(OCc4ccccc4)[C@H](OCc4ccccc4)C3OCc3ccccc3)ccc2C)cc1. The van der Waals surface area contributed by atoms with E-state index in [9.17, 15) is 5.11 Å². The summed E-state index contributed by atoms with van der Waals surface area (Å²) in [6.07, 6.45) is 2.66. The number of methoxy groups -OCH3 is 1. The Labute approximate surface area is 332 Å². The van der Waals surface area contributed by atoms with Gasteiger partial charge in [-0.2, -0.15) is 0 Å². The smallest absolute Gasteiger partial charge is 0.225 e. The van der Waals surface area contributed by atoms with Crippen molar-refractivity contribution in [1.82, 2.24) is 0 Å². The monoisotopic (exact) mass is 756 g/mol. The van der Waals surface area contributed by atoms with Crippen LogP contribution in [0.15, 0.2) is 146 Å². The molecule has 0 bridgehead atoms. The van der Waals surface area contributed by atoms with Crippen molar-refractivity contribution in [2.24, 2.45) is 0 Å². The summed E-state index contributed by atoms with van der Waals surface area (Å²) in [7, 11) is 1.64. The molecule has 5 aromatic rings. The molecule has 0 amide bonds. The van der Waals surface area contributed by atoms with Gasteiger partial charge in [-0.25, -0.2) is 0 Å². The highest BCUT2D eigenvalue weighted by molar-refractivity contribution is 5.39. The molecule has 0 radical (unpaired) electrons. The zero-order valence-electron chi connectivity index (χ0n) is 32.8. The molecule has 0 spiro atoms. The van der Waals surface area contributed by atoms with Crippen molar-refractivity contribution >= 4 is 0 Å². The summed E-state index contributed by atoms with van der Waals surface area (Å²) in [5.74, 6) is -1.45. The molecule has 1 aliphatic heterocycles. The molecule has 1 saturated heterocycles. The molecule has 0 aliphatic carbocycles. The molecule has 0 saturated carbocycles. The molecule has 7 heteroatoms. The van der Waals surface area contributed by atoms with Gasteiger partial charge in [-0.05, 0) is 77.6 Å². The van der Waals surface area contributed by atoms with Gasteiger partial charge in [0.2, 0.25) is 5.79 Å². The van der Waals surface area contributed by atoms with E-state index in [2.05, 4.69) is 49.9 Å². The summed E-state index contributed by atoms with van der Waals surface area (Å²) in [6.45, 7) is 7.77. The van der Waals surface area contributed by atoms with Crippen LogP contribution in [-0.2, 0) is 66.9 Å². The normalized spacial score (nSPS) is 20.8. The minimum atomic E-state index is -1.45. The second kappa shape index (κ2) is 21.2. The zero-order chi connectivity index (χ0) is 39.0. The lowest BCUT2D eigenvalue weighted by Crippen LogP contribution is -2.66. The van der Waals surface area contributed by atoms with E-state index < -0.39 is 30.2 Å². The molecular weight excluding hydrogens is 701 g/mol. The van der Waals surface area contributed by atoms with Gasteiger partial charge >= 0.3 is 0 Å². The number of aliphatic hydroxyl groups excluding tert-OH is 1. The molecule has 56 heavy (non-hydrogen) atoms. The second-order valence-electron chi connectivity index (χ2n) is 14.4. The minimum Gasteiger partial charge on any atom is -0.394 e. The first kappa shape index (κ1) is 41.2. The number of rotatable bonds is 21. The maximum Gasteiger partial charge on any atom is 0.225 e. The third-order valence-corrected chi connectivity index (χ3v) is 10.4. The van der Waals surface area contributed by atoms with Crippen LogP contribution in [0, 0.1) is 6.92 Å². The molecule has 1 aliphatic rings. The zero-order valence-corrected chi connectivity index (χ0v) is 32.8. The topological polar surface area (TPSA) is 75.6 Å². The quantitative estimate of drug-likeness (QED) is 0.0592. The van der Waals surface area contributed by atoms with Crippen LogP contribution in [0.4, 0.5) is 0 Å². The summed E-state index contributed by atoms with van der Waals surface area (Å²) in [6, 6.07) is 45.3. The Kier molecular flexibility index (Phi) is 15.6. The van der Waals surface area contributed by atoms with Gasteiger partial charge in [0, 0.05) is 19.3 Å². The van der Waals surface area contributed by atoms with Gasteiger partial charge in [0.15, 0.2) is 0 Å². The second-order valence-corrected chi connectivity index (χ2v) is 14.4. The first-order valence-electron chi connectivity index (χ1n) is 19.7. The van der Waals surface area contributed by atoms with Crippen LogP contribution in [-0.4, -0.2) is 56.5 Å². The lowest BCUT2D eigenvalue weighted by molar-refractivity contribution is -0.384. The number of hydrogen-bond donors (Lipinski definition) is 1. The molecule has 0 aromatic heterocycles. The van der Waals surface area contributed by atoms with Crippen molar-refractivity contribution in [3.05, 3.63) is 191 Å². The van der Waals surface area contributed by atoms with E-state index in [1.165, 1.54) is 11.1 Å². The number of aliphatic hydroxyl groups is 1. The highest BCUT2D eigenvalue weighted by atomic mass is 16.7. The van der Waals surface area contributed by atoms with Gasteiger partial charge in [-0.15, -0.1) is 6.58 Å². The first-order valence-corrected chi connectivity index (χ1v) is 19.7. The molecular formula is C49H56O7. The van der Waals surface area contributed by atoms with Crippen molar-refractivity contribution in [2.75, 3.05) is 26.9 Å². The van der Waals surface area contributed by atoms with Crippen LogP contribution in [0.2, 0.25) is 0 Å². The van der Waals surface area contributed by atoms with Crippen molar-refractivity contribution in [2.45, 2.75) is 82.6 Å². The van der Waals surface area contributed by atoms with Crippen molar-refractivity contribution < 1.29 is 33.5 Å². The van der Waals surface area contributed by atoms with Gasteiger partial charge in [-0.3, -0.25) is 0 Å². The Morgan fingerprint density at radius 1 is 0.679 bits per heavy atom. The van der Waals surface area contributed by atoms with Gasteiger partial charge in [0.25, 0.3) is 0 Å². The first-order chi connectivity index (χ1) is 27.5. The maximum absolute atomic E-state index is 11.0. The van der Waals surface area contributed by atoms with E-state index in [4.69, 9.17) is 28.4 Å². The van der Waals surface area contributed by atoms with Crippen LogP contribution in [0.1, 0.15) is 57.3 Å². The summed E-state index contributed by atoms with van der Waals surface area (Å²) in [5.41, 5.74) is 8.61. The predicted molar refractivity (Wildman–Crippen MR) is 220 cm³/mol. The lowest BCUT2D eigenvalue weighted by Gasteiger charge is -2.52. The van der Waals surface area contributed by atoms with Gasteiger partial charge in [0.05, 0.1) is 33.0 Å². The van der Waals surface area contributed by atoms with Crippen LogP contribution < -0.4 is 0 Å². The molecule has 2 unspecified atom stereocenters. The van der Waals surface area contributed by atoms with E-state index in [-0.39, 0.29) is 13.2 Å². The Balaban J connectivity index is 1.32. The Morgan fingerprint density at radius 2 is 1.25 bits per heavy atom. The van der Waals surface area contributed by atoms with Gasteiger partial charge in [-0.1, -0.05) is 133 Å². The highest BCUT2D eigenvalue weighted by Gasteiger charge is 2.58. The molecule has 1 fully saturated rings. The van der Waals surface area contributed by atoms with E-state index in [1.54, 1.807) is 13.2 Å².